The lowest BCUT2D eigenvalue weighted by molar-refractivity contribution is 0.111. The van der Waals surface area contributed by atoms with Crippen molar-refractivity contribution in [3.8, 4) is 0 Å². The molecular formula is C15H26N6O. The Balaban J connectivity index is 2.10. The van der Waals surface area contributed by atoms with E-state index in [9.17, 15) is 0 Å². The molecule has 0 amide bonds. The molecule has 7 nitrogen and oxygen atoms in total. The Labute approximate surface area is 131 Å². The monoisotopic (exact) mass is 306 g/mol. The van der Waals surface area contributed by atoms with Gasteiger partial charge in [0.2, 0.25) is 5.96 Å². The highest BCUT2D eigenvalue weighted by Gasteiger charge is 2.18. The summed E-state index contributed by atoms with van der Waals surface area (Å²) in [6.07, 6.45) is 5.59. The average molecular weight is 306 g/mol. The molecule has 1 fully saturated rings. The quantitative estimate of drug-likeness (QED) is 0.676. The first-order valence-electron chi connectivity index (χ1n) is 7.70. The standard InChI is InChI=1S/C15H26N6O/c1-11(2)13-9-19-21(15(16)17-3)14(13)18-10-22-12-5-7-20(4)8-6-12/h9-12H,5-8H2,1-4H3,(H2,16,17)/b18-10+. The van der Waals surface area contributed by atoms with Crippen LogP contribution in [0.1, 0.15) is 38.2 Å². The van der Waals surface area contributed by atoms with Crippen LogP contribution in [0.3, 0.4) is 0 Å². The zero-order valence-electron chi connectivity index (χ0n) is 13.9. The Morgan fingerprint density at radius 1 is 1.45 bits per heavy atom. The van der Waals surface area contributed by atoms with E-state index in [1.807, 2.05) is 0 Å². The topological polar surface area (TPSA) is 81.0 Å². The normalized spacial score (nSPS) is 18.5. The van der Waals surface area contributed by atoms with Crippen LogP contribution < -0.4 is 5.73 Å². The zero-order chi connectivity index (χ0) is 16.1. The fourth-order valence-electron chi connectivity index (χ4n) is 2.44. The third-order valence-electron chi connectivity index (χ3n) is 3.93. The molecule has 1 aromatic heterocycles. The number of nitrogens with two attached hydrogens (primary N) is 1. The summed E-state index contributed by atoms with van der Waals surface area (Å²) in [5.74, 6) is 1.30. The Morgan fingerprint density at radius 3 is 2.73 bits per heavy atom. The first-order chi connectivity index (χ1) is 10.5. The number of likely N-dealkylation sites (tertiary alicyclic amines) is 1. The Kier molecular flexibility index (Phi) is 5.54. The molecule has 7 heteroatoms. The highest BCUT2D eigenvalue weighted by Crippen LogP contribution is 2.26. The van der Waals surface area contributed by atoms with Gasteiger partial charge in [-0.3, -0.25) is 4.99 Å². The second-order valence-corrected chi connectivity index (χ2v) is 5.95. The molecule has 0 saturated carbocycles. The summed E-state index contributed by atoms with van der Waals surface area (Å²) in [6, 6.07) is 0. The summed E-state index contributed by atoms with van der Waals surface area (Å²) in [7, 11) is 3.76. The fraction of sp³-hybridized carbons (Fsp3) is 0.667. The number of hydrogen-bond donors (Lipinski definition) is 1. The van der Waals surface area contributed by atoms with Gasteiger partial charge in [0.25, 0.3) is 0 Å². The highest BCUT2D eigenvalue weighted by atomic mass is 16.5. The van der Waals surface area contributed by atoms with Crippen LogP contribution in [-0.4, -0.2) is 60.3 Å². The maximum atomic E-state index is 5.87. The second-order valence-electron chi connectivity index (χ2n) is 5.95. The van der Waals surface area contributed by atoms with Crippen LogP contribution >= 0.6 is 0 Å². The maximum Gasteiger partial charge on any atom is 0.218 e. The van der Waals surface area contributed by atoms with Gasteiger partial charge in [-0.05, 0) is 25.8 Å². The summed E-state index contributed by atoms with van der Waals surface area (Å²) in [4.78, 5) is 10.7. The van der Waals surface area contributed by atoms with Crippen molar-refractivity contribution in [1.82, 2.24) is 14.7 Å². The number of ether oxygens (including phenoxy) is 1. The molecule has 0 unspecified atom stereocenters. The van der Waals surface area contributed by atoms with Gasteiger partial charge in [0.15, 0.2) is 12.2 Å². The largest absolute Gasteiger partial charge is 0.480 e. The van der Waals surface area contributed by atoms with E-state index in [2.05, 4.69) is 40.9 Å². The number of nitrogens with zero attached hydrogens (tertiary/aromatic N) is 5. The lowest BCUT2D eigenvalue weighted by atomic mass is 10.1. The Hall–Kier alpha value is -1.89. The number of aliphatic imine (C=N–C) groups is 2. The van der Waals surface area contributed by atoms with E-state index < -0.39 is 0 Å². The zero-order valence-corrected chi connectivity index (χ0v) is 13.9. The fourth-order valence-corrected chi connectivity index (χ4v) is 2.44. The summed E-state index contributed by atoms with van der Waals surface area (Å²) in [5, 5.41) is 4.27. The predicted octanol–water partition coefficient (Wildman–Crippen LogP) is 1.57. The van der Waals surface area contributed by atoms with Gasteiger partial charge in [-0.1, -0.05) is 13.8 Å². The van der Waals surface area contributed by atoms with E-state index in [1.54, 1.807) is 17.9 Å². The van der Waals surface area contributed by atoms with Gasteiger partial charge in [-0.25, -0.2) is 4.99 Å². The molecule has 2 heterocycles. The van der Waals surface area contributed by atoms with Gasteiger partial charge in [0.1, 0.15) is 6.10 Å². The van der Waals surface area contributed by atoms with Crippen molar-refractivity contribution in [2.24, 2.45) is 15.7 Å². The van der Waals surface area contributed by atoms with Crippen LogP contribution in [0, 0.1) is 0 Å². The molecule has 0 atom stereocenters. The molecule has 2 N–H and O–H groups in total. The van der Waals surface area contributed by atoms with Crippen molar-refractivity contribution < 1.29 is 4.74 Å². The second kappa shape index (κ2) is 7.40. The SMILES string of the molecule is CN=C(N)n1ncc(C(C)C)c1/N=C/OC1CCN(C)CC1. The molecule has 0 bridgehead atoms. The summed E-state index contributed by atoms with van der Waals surface area (Å²) >= 11 is 0. The molecule has 2 rings (SSSR count). The number of hydrogen-bond acceptors (Lipinski definition) is 5. The van der Waals surface area contributed by atoms with E-state index >= 15 is 0 Å². The molecule has 1 aromatic rings. The minimum absolute atomic E-state index is 0.232. The lowest BCUT2D eigenvalue weighted by Gasteiger charge is -2.27. The van der Waals surface area contributed by atoms with Crippen molar-refractivity contribution in [1.29, 1.82) is 0 Å². The third kappa shape index (κ3) is 3.85. The van der Waals surface area contributed by atoms with E-state index in [1.165, 1.54) is 6.40 Å². The van der Waals surface area contributed by atoms with Crippen molar-refractivity contribution in [2.45, 2.75) is 38.7 Å². The third-order valence-corrected chi connectivity index (χ3v) is 3.93. The van der Waals surface area contributed by atoms with Crippen LogP contribution in [0.4, 0.5) is 5.82 Å². The highest BCUT2D eigenvalue weighted by molar-refractivity contribution is 5.83. The minimum Gasteiger partial charge on any atom is -0.480 e. The van der Waals surface area contributed by atoms with Crippen LogP contribution in [0.25, 0.3) is 0 Å². The van der Waals surface area contributed by atoms with E-state index in [0.717, 1.165) is 31.5 Å². The molecular weight excluding hydrogens is 280 g/mol. The predicted molar refractivity (Wildman–Crippen MR) is 89.0 cm³/mol. The van der Waals surface area contributed by atoms with Gasteiger partial charge < -0.3 is 15.4 Å². The van der Waals surface area contributed by atoms with Crippen LogP contribution in [0.5, 0.6) is 0 Å². The maximum absolute atomic E-state index is 5.87. The van der Waals surface area contributed by atoms with Gasteiger partial charge in [0, 0.05) is 25.7 Å². The van der Waals surface area contributed by atoms with E-state index in [-0.39, 0.29) is 6.10 Å². The van der Waals surface area contributed by atoms with Crippen molar-refractivity contribution in [3.63, 3.8) is 0 Å². The van der Waals surface area contributed by atoms with Crippen molar-refractivity contribution in [2.75, 3.05) is 27.2 Å². The molecule has 1 saturated heterocycles. The summed E-state index contributed by atoms with van der Waals surface area (Å²) in [6.45, 7) is 6.31. The van der Waals surface area contributed by atoms with E-state index in [0.29, 0.717) is 17.7 Å². The van der Waals surface area contributed by atoms with Gasteiger partial charge >= 0.3 is 0 Å². The molecule has 0 aromatic carbocycles. The van der Waals surface area contributed by atoms with Crippen molar-refractivity contribution >= 4 is 18.2 Å². The molecule has 1 aliphatic heterocycles. The first-order valence-corrected chi connectivity index (χ1v) is 7.70. The Morgan fingerprint density at radius 2 is 2.14 bits per heavy atom. The minimum atomic E-state index is 0.232. The summed E-state index contributed by atoms with van der Waals surface area (Å²) < 4.78 is 7.31. The van der Waals surface area contributed by atoms with Crippen LogP contribution in [0.2, 0.25) is 0 Å². The number of piperidine rings is 1. The molecule has 0 radical (unpaired) electrons. The molecule has 0 spiro atoms. The smallest absolute Gasteiger partial charge is 0.218 e. The van der Waals surface area contributed by atoms with Gasteiger partial charge in [-0.2, -0.15) is 9.78 Å². The number of aromatic nitrogens is 2. The first kappa shape index (κ1) is 16.5. The molecule has 1 aliphatic rings. The summed E-state index contributed by atoms with van der Waals surface area (Å²) in [5.41, 5.74) is 6.89. The lowest BCUT2D eigenvalue weighted by Crippen LogP contribution is -2.34. The Bertz CT molecular complexity index is 540. The van der Waals surface area contributed by atoms with Crippen molar-refractivity contribution in [3.05, 3.63) is 11.8 Å². The van der Waals surface area contributed by atoms with E-state index in [4.69, 9.17) is 10.5 Å². The molecule has 122 valence electrons. The van der Waals surface area contributed by atoms with Gasteiger partial charge in [0.05, 0.1) is 6.20 Å². The molecule has 22 heavy (non-hydrogen) atoms. The molecule has 0 aliphatic carbocycles. The average Bonchev–Trinajstić information content (AvgIpc) is 2.92. The van der Waals surface area contributed by atoms with Crippen LogP contribution in [-0.2, 0) is 4.74 Å². The van der Waals surface area contributed by atoms with Gasteiger partial charge in [-0.15, -0.1) is 0 Å². The van der Waals surface area contributed by atoms with Crippen LogP contribution in [0.15, 0.2) is 16.2 Å². The number of rotatable bonds is 4.